The Balaban J connectivity index is 1.37. The molecule has 1 aromatic heterocycles. The molecular weight excluding hydrogens is 339 g/mol. The van der Waals surface area contributed by atoms with Gasteiger partial charge in [-0.15, -0.1) is 0 Å². The van der Waals surface area contributed by atoms with Gasteiger partial charge in [-0.2, -0.15) is 0 Å². The molecule has 2 heterocycles. The Kier molecular flexibility index (Phi) is 4.27. The molecule has 7 heteroatoms. The maximum atomic E-state index is 13.3. The van der Waals surface area contributed by atoms with Gasteiger partial charge < -0.3 is 19.3 Å². The zero-order valence-electron chi connectivity index (χ0n) is 13.6. The molecule has 0 saturated carbocycles. The number of nitrogens with zero attached hydrogens (tertiary/aromatic N) is 1. The highest BCUT2D eigenvalue weighted by molar-refractivity contribution is 5.92. The summed E-state index contributed by atoms with van der Waals surface area (Å²) in [7, 11) is 0. The number of fused-ring (bicyclic) bond motifs is 1. The topological polar surface area (TPSA) is 73.6 Å². The third kappa shape index (κ3) is 3.37. The van der Waals surface area contributed by atoms with Crippen molar-refractivity contribution in [2.24, 2.45) is 0 Å². The van der Waals surface area contributed by atoms with Gasteiger partial charge in [0.25, 0.3) is 5.91 Å². The van der Waals surface area contributed by atoms with Gasteiger partial charge in [-0.25, -0.2) is 4.39 Å². The van der Waals surface area contributed by atoms with Gasteiger partial charge in [0.05, 0.1) is 6.54 Å². The van der Waals surface area contributed by atoms with Crippen molar-refractivity contribution in [1.29, 1.82) is 0 Å². The second kappa shape index (κ2) is 6.87. The van der Waals surface area contributed by atoms with Crippen LogP contribution in [0.3, 0.4) is 0 Å². The molecular formula is C19H15FN2O4. The summed E-state index contributed by atoms with van der Waals surface area (Å²) in [6.45, 7) is 0.589. The van der Waals surface area contributed by atoms with E-state index < -0.39 is 5.91 Å². The molecule has 0 saturated heterocycles. The number of carbonyl (C=O) groups is 1. The van der Waals surface area contributed by atoms with Crippen molar-refractivity contribution < 1.29 is 23.2 Å². The van der Waals surface area contributed by atoms with Crippen molar-refractivity contribution in [2.45, 2.75) is 6.10 Å². The summed E-state index contributed by atoms with van der Waals surface area (Å²) in [5.74, 6) is 0.561. The lowest BCUT2D eigenvalue weighted by Crippen LogP contribution is -2.40. The van der Waals surface area contributed by atoms with Crippen LogP contribution in [0.25, 0.3) is 11.3 Å². The lowest BCUT2D eigenvalue weighted by atomic mass is 10.1. The molecule has 0 radical (unpaired) electrons. The van der Waals surface area contributed by atoms with E-state index in [2.05, 4.69) is 10.5 Å². The van der Waals surface area contributed by atoms with Crippen molar-refractivity contribution >= 4 is 5.91 Å². The van der Waals surface area contributed by atoms with Crippen LogP contribution in [-0.4, -0.2) is 30.3 Å². The standard InChI is InChI=1S/C19H15FN2O4/c20-13-5-3-4-12(8-13)15-9-18(26-22-15)19(23)21-10-14-11-24-16-6-1-2-7-17(16)25-14/h1-9,14H,10-11H2,(H,21,23). The molecule has 0 spiro atoms. The highest BCUT2D eigenvalue weighted by atomic mass is 19.1. The number of amides is 1. The van der Waals surface area contributed by atoms with Gasteiger partial charge in [0, 0.05) is 11.6 Å². The highest BCUT2D eigenvalue weighted by Crippen LogP contribution is 2.30. The summed E-state index contributed by atoms with van der Waals surface area (Å²) >= 11 is 0. The number of rotatable bonds is 4. The van der Waals surface area contributed by atoms with Crippen LogP contribution < -0.4 is 14.8 Å². The van der Waals surface area contributed by atoms with Crippen LogP contribution >= 0.6 is 0 Å². The first kappa shape index (κ1) is 16.1. The Bertz CT molecular complexity index is 941. The fourth-order valence-corrected chi connectivity index (χ4v) is 2.62. The minimum absolute atomic E-state index is 0.0430. The van der Waals surface area contributed by atoms with E-state index in [9.17, 15) is 9.18 Å². The van der Waals surface area contributed by atoms with E-state index in [0.717, 1.165) is 0 Å². The molecule has 0 aliphatic carbocycles. The van der Waals surface area contributed by atoms with Crippen LogP contribution in [0.15, 0.2) is 59.1 Å². The van der Waals surface area contributed by atoms with Gasteiger partial charge in [-0.3, -0.25) is 4.79 Å². The molecule has 2 aromatic carbocycles. The minimum atomic E-state index is -0.428. The zero-order chi connectivity index (χ0) is 17.9. The molecule has 26 heavy (non-hydrogen) atoms. The van der Waals surface area contributed by atoms with Crippen molar-refractivity contribution in [2.75, 3.05) is 13.2 Å². The van der Waals surface area contributed by atoms with Crippen LogP contribution in [0.1, 0.15) is 10.6 Å². The fraction of sp³-hybridized carbons (Fsp3) is 0.158. The number of hydrogen-bond donors (Lipinski definition) is 1. The number of benzene rings is 2. The van der Waals surface area contributed by atoms with E-state index in [1.165, 1.54) is 18.2 Å². The summed E-state index contributed by atoms with van der Waals surface area (Å²) < 4.78 is 29.7. The number of para-hydroxylation sites is 2. The molecule has 132 valence electrons. The zero-order valence-corrected chi connectivity index (χ0v) is 13.6. The van der Waals surface area contributed by atoms with E-state index in [1.54, 1.807) is 12.1 Å². The Morgan fingerprint density at radius 2 is 2.00 bits per heavy atom. The average Bonchev–Trinajstić information content (AvgIpc) is 3.16. The maximum Gasteiger partial charge on any atom is 0.290 e. The van der Waals surface area contributed by atoms with Crippen LogP contribution in [0.2, 0.25) is 0 Å². The van der Waals surface area contributed by atoms with Crippen LogP contribution in [0, 0.1) is 5.82 Å². The summed E-state index contributed by atoms with van der Waals surface area (Å²) in [4.78, 5) is 12.2. The van der Waals surface area contributed by atoms with Crippen molar-refractivity contribution in [3.8, 4) is 22.8 Å². The first-order valence-electron chi connectivity index (χ1n) is 8.08. The molecule has 1 aliphatic rings. The molecule has 3 aromatic rings. The number of aromatic nitrogens is 1. The van der Waals surface area contributed by atoms with Gasteiger partial charge >= 0.3 is 0 Å². The Labute approximate surface area is 148 Å². The van der Waals surface area contributed by atoms with E-state index in [4.69, 9.17) is 14.0 Å². The molecule has 6 nitrogen and oxygen atoms in total. The second-order valence-electron chi connectivity index (χ2n) is 5.79. The van der Waals surface area contributed by atoms with E-state index >= 15 is 0 Å². The van der Waals surface area contributed by atoms with Gasteiger partial charge in [0.2, 0.25) is 5.76 Å². The number of nitrogens with one attached hydrogen (secondary N) is 1. The normalized spacial score (nSPS) is 15.5. The second-order valence-corrected chi connectivity index (χ2v) is 5.79. The van der Waals surface area contributed by atoms with E-state index in [0.29, 0.717) is 29.4 Å². The minimum Gasteiger partial charge on any atom is -0.486 e. The van der Waals surface area contributed by atoms with Gasteiger partial charge in [0.15, 0.2) is 11.5 Å². The van der Waals surface area contributed by atoms with Crippen LogP contribution in [0.4, 0.5) is 4.39 Å². The van der Waals surface area contributed by atoms with Crippen molar-refractivity contribution in [3.05, 3.63) is 66.2 Å². The Morgan fingerprint density at radius 3 is 2.85 bits per heavy atom. The molecule has 1 aliphatic heterocycles. The lowest BCUT2D eigenvalue weighted by Gasteiger charge is -2.26. The van der Waals surface area contributed by atoms with Crippen LogP contribution in [-0.2, 0) is 0 Å². The van der Waals surface area contributed by atoms with Crippen molar-refractivity contribution in [1.82, 2.24) is 10.5 Å². The summed E-state index contributed by atoms with van der Waals surface area (Å²) in [5, 5.41) is 6.54. The Hall–Kier alpha value is -3.35. The maximum absolute atomic E-state index is 13.3. The quantitative estimate of drug-likeness (QED) is 0.780. The van der Waals surface area contributed by atoms with E-state index in [-0.39, 0.29) is 24.2 Å². The van der Waals surface area contributed by atoms with Gasteiger partial charge in [0.1, 0.15) is 24.2 Å². The van der Waals surface area contributed by atoms with Gasteiger partial charge in [-0.05, 0) is 24.3 Å². The van der Waals surface area contributed by atoms with Crippen LogP contribution in [0.5, 0.6) is 11.5 Å². The third-order valence-corrected chi connectivity index (χ3v) is 3.91. The summed E-state index contributed by atoms with van der Waals surface area (Å²) in [5.41, 5.74) is 0.925. The van der Waals surface area contributed by atoms with E-state index in [1.807, 2.05) is 24.3 Å². The average molecular weight is 354 g/mol. The molecule has 0 bridgehead atoms. The largest absolute Gasteiger partial charge is 0.486 e. The predicted molar refractivity (Wildman–Crippen MR) is 90.6 cm³/mol. The Morgan fingerprint density at radius 1 is 1.15 bits per heavy atom. The smallest absolute Gasteiger partial charge is 0.290 e. The SMILES string of the molecule is O=C(NCC1COc2ccccc2O1)c1cc(-c2cccc(F)c2)no1. The number of carbonyl (C=O) groups excluding carboxylic acids is 1. The molecule has 1 N–H and O–H groups in total. The number of ether oxygens (including phenoxy) is 2. The fourth-order valence-electron chi connectivity index (χ4n) is 2.62. The third-order valence-electron chi connectivity index (χ3n) is 3.91. The highest BCUT2D eigenvalue weighted by Gasteiger charge is 2.22. The first-order chi connectivity index (χ1) is 12.7. The van der Waals surface area contributed by atoms with Gasteiger partial charge in [-0.1, -0.05) is 29.4 Å². The predicted octanol–water partition coefficient (Wildman–Crippen LogP) is 3.05. The molecule has 1 unspecified atom stereocenters. The number of hydrogen-bond acceptors (Lipinski definition) is 5. The number of halogens is 1. The molecule has 1 amide bonds. The summed E-state index contributed by atoms with van der Waals surface area (Å²) in [6, 6.07) is 14.7. The van der Waals surface area contributed by atoms with Crippen molar-refractivity contribution in [3.63, 3.8) is 0 Å². The monoisotopic (exact) mass is 354 g/mol. The lowest BCUT2D eigenvalue weighted by molar-refractivity contribution is 0.0768. The molecule has 4 rings (SSSR count). The summed E-state index contributed by atoms with van der Waals surface area (Å²) in [6.07, 6.45) is -0.306. The molecule has 1 atom stereocenters. The molecule has 0 fully saturated rings. The first-order valence-corrected chi connectivity index (χ1v) is 8.08.